The third-order valence-electron chi connectivity index (χ3n) is 6.27. The number of halogens is 1. The third kappa shape index (κ3) is 3.59. The molecule has 5 rings (SSSR count). The van der Waals surface area contributed by atoms with Gasteiger partial charge in [0.05, 0.1) is 17.6 Å². The van der Waals surface area contributed by atoms with Crippen LogP contribution < -0.4 is 5.32 Å². The van der Waals surface area contributed by atoms with Gasteiger partial charge in [0.2, 0.25) is 5.91 Å². The zero-order valence-corrected chi connectivity index (χ0v) is 16.4. The predicted molar refractivity (Wildman–Crippen MR) is 107 cm³/mol. The molecule has 2 aromatic rings. The number of benzene rings is 1. The summed E-state index contributed by atoms with van der Waals surface area (Å²) in [5.41, 5.74) is 2.13. The number of piperazine rings is 1. The first-order valence-electron chi connectivity index (χ1n) is 10.5. The Balaban J connectivity index is 1.45. The number of hydrogen-bond acceptors (Lipinski definition) is 4. The van der Waals surface area contributed by atoms with Gasteiger partial charge in [-0.05, 0) is 49.9 Å². The van der Waals surface area contributed by atoms with Gasteiger partial charge < -0.3 is 15.1 Å². The second-order valence-electron chi connectivity index (χ2n) is 8.34. The van der Waals surface area contributed by atoms with Crippen LogP contribution in [0.5, 0.6) is 0 Å². The molecule has 2 saturated heterocycles. The highest BCUT2D eigenvalue weighted by Crippen LogP contribution is 2.40. The van der Waals surface area contributed by atoms with Crippen molar-refractivity contribution in [3.8, 4) is 0 Å². The minimum atomic E-state index is -0.365. The summed E-state index contributed by atoms with van der Waals surface area (Å²) in [5, 5.41) is 3.67. The molecule has 0 spiro atoms. The van der Waals surface area contributed by atoms with Crippen LogP contribution in [0.25, 0.3) is 10.9 Å². The molecule has 29 heavy (non-hydrogen) atoms. The fourth-order valence-corrected chi connectivity index (χ4v) is 4.55. The summed E-state index contributed by atoms with van der Waals surface area (Å²) in [6.45, 7) is 3.02. The minimum Gasteiger partial charge on any atom is -0.337 e. The lowest BCUT2D eigenvalue weighted by atomic mass is 10.00. The van der Waals surface area contributed by atoms with Crippen LogP contribution in [0.4, 0.5) is 4.39 Å². The monoisotopic (exact) mass is 396 g/mol. The Kier molecular flexibility index (Phi) is 4.70. The molecule has 1 N–H and O–H groups in total. The summed E-state index contributed by atoms with van der Waals surface area (Å²) in [5.74, 6) is 0.0548. The molecule has 7 heteroatoms. The molecule has 1 aliphatic carbocycles. The number of carbonyl (C=O) groups excluding carboxylic acids is 2. The Bertz CT molecular complexity index is 975. The number of rotatable bonds is 3. The van der Waals surface area contributed by atoms with Crippen LogP contribution in [0.1, 0.15) is 47.7 Å². The summed E-state index contributed by atoms with van der Waals surface area (Å²) in [4.78, 5) is 34.2. The predicted octanol–water partition coefficient (Wildman–Crippen LogP) is 2.29. The number of amides is 2. The van der Waals surface area contributed by atoms with Gasteiger partial charge in [0, 0.05) is 49.2 Å². The Morgan fingerprint density at radius 3 is 2.83 bits per heavy atom. The molecule has 2 aliphatic heterocycles. The van der Waals surface area contributed by atoms with Gasteiger partial charge >= 0.3 is 0 Å². The van der Waals surface area contributed by atoms with E-state index in [1.165, 1.54) is 12.1 Å². The smallest absolute Gasteiger partial charge is 0.254 e. The second-order valence-corrected chi connectivity index (χ2v) is 8.34. The van der Waals surface area contributed by atoms with Gasteiger partial charge in [0.1, 0.15) is 5.82 Å². The molecule has 3 fully saturated rings. The Morgan fingerprint density at radius 1 is 1.17 bits per heavy atom. The minimum absolute atomic E-state index is 0.0510. The van der Waals surface area contributed by atoms with Gasteiger partial charge in [-0.2, -0.15) is 0 Å². The molecule has 152 valence electrons. The Labute approximate surface area is 169 Å². The maximum absolute atomic E-state index is 13.9. The second kappa shape index (κ2) is 7.37. The van der Waals surface area contributed by atoms with Gasteiger partial charge in [-0.15, -0.1) is 0 Å². The van der Waals surface area contributed by atoms with Crippen molar-refractivity contribution in [1.82, 2.24) is 20.1 Å². The normalized spacial score (nSPS) is 22.9. The van der Waals surface area contributed by atoms with Crippen molar-refractivity contribution in [2.45, 2.75) is 37.6 Å². The molecule has 2 amide bonds. The highest BCUT2D eigenvalue weighted by Gasteiger charge is 2.33. The first-order valence-corrected chi connectivity index (χ1v) is 10.5. The van der Waals surface area contributed by atoms with Crippen molar-refractivity contribution in [2.75, 3.05) is 32.7 Å². The lowest BCUT2D eigenvalue weighted by Gasteiger charge is -2.41. The number of hydrogen-bond donors (Lipinski definition) is 1. The lowest BCUT2D eigenvalue weighted by Crippen LogP contribution is -2.57. The lowest BCUT2D eigenvalue weighted by molar-refractivity contribution is -0.135. The van der Waals surface area contributed by atoms with Crippen LogP contribution in [-0.4, -0.2) is 65.4 Å². The van der Waals surface area contributed by atoms with E-state index in [1.54, 1.807) is 6.07 Å². The molecule has 6 nitrogen and oxygen atoms in total. The fraction of sp³-hybridized carbons (Fsp3) is 0.500. The zero-order chi connectivity index (χ0) is 20.0. The van der Waals surface area contributed by atoms with Gasteiger partial charge in [-0.1, -0.05) is 0 Å². The highest BCUT2D eigenvalue weighted by atomic mass is 19.1. The first kappa shape index (κ1) is 18.5. The van der Waals surface area contributed by atoms with Crippen molar-refractivity contribution in [1.29, 1.82) is 0 Å². The highest BCUT2D eigenvalue weighted by molar-refractivity contribution is 6.06. The maximum atomic E-state index is 13.9. The van der Waals surface area contributed by atoms with Gasteiger partial charge in [0.15, 0.2) is 0 Å². The fourth-order valence-electron chi connectivity index (χ4n) is 4.55. The summed E-state index contributed by atoms with van der Waals surface area (Å²) in [6.07, 6.45) is 3.95. The third-order valence-corrected chi connectivity index (χ3v) is 6.27. The molecule has 1 saturated carbocycles. The Morgan fingerprint density at radius 2 is 2.03 bits per heavy atom. The number of nitrogens with zero attached hydrogens (tertiary/aromatic N) is 3. The number of aromatic nitrogens is 1. The van der Waals surface area contributed by atoms with E-state index in [0.717, 1.165) is 37.9 Å². The summed E-state index contributed by atoms with van der Waals surface area (Å²) < 4.78 is 13.9. The van der Waals surface area contributed by atoms with Gasteiger partial charge in [0.25, 0.3) is 5.91 Å². The van der Waals surface area contributed by atoms with E-state index in [2.05, 4.69) is 10.3 Å². The number of fused-ring (bicyclic) bond motifs is 1. The van der Waals surface area contributed by atoms with Crippen LogP contribution in [0.3, 0.4) is 0 Å². The van der Waals surface area contributed by atoms with Crippen molar-refractivity contribution in [2.24, 2.45) is 0 Å². The largest absolute Gasteiger partial charge is 0.337 e. The number of piperidine rings is 1. The average molecular weight is 396 g/mol. The zero-order valence-electron chi connectivity index (χ0n) is 16.4. The molecular weight excluding hydrogens is 371 g/mol. The number of likely N-dealkylation sites (tertiary alicyclic amines) is 1. The molecule has 1 aromatic carbocycles. The molecule has 0 bridgehead atoms. The SMILES string of the molecule is O=C(c1cc(C2CC2)nc2ccc(F)cc12)N1CCCC(N2CCNCC2=O)C1. The molecule has 1 atom stereocenters. The molecule has 0 radical (unpaired) electrons. The van der Waals surface area contributed by atoms with E-state index in [9.17, 15) is 14.0 Å². The quantitative estimate of drug-likeness (QED) is 0.865. The average Bonchev–Trinajstić information content (AvgIpc) is 3.58. The van der Waals surface area contributed by atoms with Gasteiger partial charge in [-0.3, -0.25) is 14.6 Å². The summed E-state index contributed by atoms with van der Waals surface area (Å²) in [6, 6.07) is 6.38. The van der Waals surface area contributed by atoms with E-state index in [0.29, 0.717) is 48.6 Å². The van der Waals surface area contributed by atoms with Crippen LogP contribution in [0.15, 0.2) is 24.3 Å². The number of pyridine rings is 1. The van der Waals surface area contributed by atoms with E-state index in [-0.39, 0.29) is 23.7 Å². The Hall–Kier alpha value is -2.54. The van der Waals surface area contributed by atoms with Crippen molar-refractivity contribution in [3.05, 3.63) is 41.3 Å². The van der Waals surface area contributed by atoms with Crippen LogP contribution in [0.2, 0.25) is 0 Å². The first-order chi connectivity index (χ1) is 14.1. The van der Waals surface area contributed by atoms with Crippen LogP contribution in [0, 0.1) is 5.82 Å². The molecule has 3 aliphatic rings. The molecule has 1 unspecified atom stereocenters. The van der Waals surface area contributed by atoms with E-state index in [1.807, 2.05) is 15.9 Å². The summed E-state index contributed by atoms with van der Waals surface area (Å²) >= 11 is 0. The number of carbonyl (C=O) groups is 2. The van der Waals surface area contributed by atoms with E-state index < -0.39 is 0 Å². The topological polar surface area (TPSA) is 65.5 Å². The standard InChI is InChI=1S/C22H25FN4O2/c23-15-5-6-19-17(10-15)18(11-20(25-19)14-3-4-14)22(29)26-8-1-2-16(13-26)27-9-7-24-12-21(27)28/h5-6,10-11,14,16,24H,1-4,7-9,12-13H2. The van der Waals surface area contributed by atoms with Crippen LogP contribution >= 0.6 is 0 Å². The number of nitrogens with one attached hydrogen (secondary N) is 1. The molecular formula is C22H25FN4O2. The van der Waals surface area contributed by atoms with Crippen molar-refractivity contribution in [3.63, 3.8) is 0 Å². The maximum Gasteiger partial charge on any atom is 0.254 e. The van der Waals surface area contributed by atoms with E-state index >= 15 is 0 Å². The summed E-state index contributed by atoms with van der Waals surface area (Å²) in [7, 11) is 0. The molecule has 1 aromatic heterocycles. The van der Waals surface area contributed by atoms with Crippen LogP contribution in [-0.2, 0) is 4.79 Å². The van der Waals surface area contributed by atoms with Crippen molar-refractivity contribution >= 4 is 22.7 Å². The van der Waals surface area contributed by atoms with Gasteiger partial charge in [-0.25, -0.2) is 4.39 Å². The molecule has 3 heterocycles. The van der Waals surface area contributed by atoms with Crippen molar-refractivity contribution < 1.29 is 14.0 Å². The van der Waals surface area contributed by atoms with E-state index in [4.69, 9.17) is 0 Å².